The summed E-state index contributed by atoms with van der Waals surface area (Å²) in [7, 11) is 0. The summed E-state index contributed by atoms with van der Waals surface area (Å²) in [5, 5.41) is 8.48. The van der Waals surface area contributed by atoms with Crippen molar-refractivity contribution in [1.29, 1.82) is 0 Å². The summed E-state index contributed by atoms with van der Waals surface area (Å²) in [6.07, 6.45) is -0.0870. The molecule has 0 saturated carbocycles. The Bertz CT molecular complexity index is 66.1. The maximum absolute atomic E-state index is 8.48. The van der Waals surface area contributed by atoms with Gasteiger partial charge in [-0.3, -0.25) is 0 Å². The molecule has 9 heavy (non-hydrogen) atoms. The van der Waals surface area contributed by atoms with E-state index in [0.29, 0.717) is 6.61 Å². The fourth-order valence-corrected chi connectivity index (χ4v) is 0.369. The second kappa shape index (κ2) is 4.73. The van der Waals surface area contributed by atoms with E-state index in [2.05, 4.69) is 0 Å². The van der Waals surface area contributed by atoms with E-state index in [1.807, 2.05) is 13.8 Å². The number of nitrogens with two attached hydrogens (primary N) is 1. The van der Waals surface area contributed by atoms with Gasteiger partial charge >= 0.3 is 0 Å². The molecule has 0 fully saturated rings. The SMILES string of the molecule is CC(CO)OC[C@H](C)N. The summed E-state index contributed by atoms with van der Waals surface area (Å²) in [4.78, 5) is 0. The summed E-state index contributed by atoms with van der Waals surface area (Å²) in [6.45, 7) is 4.25. The van der Waals surface area contributed by atoms with Crippen molar-refractivity contribution in [3.05, 3.63) is 0 Å². The van der Waals surface area contributed by atoms with Crippen molar-refractivity contribution >= 4 is 0 Å². The first kappa shape index (κ1) is 8.88. The second-order valence-electron chi connectivity index (χ2n) is 2.30. The molecule has 0 aliphatic carbocycles. The van der Waals surface area contributed by atoms with Gasteiger partial charge in [-0.1, -0.05) is 0 Å². The minimum atomic E-state index is -0.0870. The van der Waals surface area contributed by atoms with E-state index in [-0.39, 0.29) is 18.8 Å². The monoisotopic (exact) mass is 133 g/mol. The van der Waals surface area contributed by atoms with Gasteiger partial charge in [-0.25, -0.2) is 0 Å². The molecule has 3 N–H and O–H groups in total. The molecular formula is C6H15NO2. The molecule has 0 bridgehead atoms. The van der Waals surface area contributed by atoms with E-state index in [4.69, 9.17) is 15.6 Å². The number of aliphatic hydroxyl groups excluding tert-OH is 1. The topological polar surface area (TPSA) is 55.5 Å². The first-order valence-corrected chi connectivity index (χ1v) is 3.15. The molecule has 0 rings (SSSR count). The van der Waals surface area contributed by atoms with E-state index >= 15 is 0 Å². The van der Waals surface area contributed by atoms with E-state index in [1.165, 1.54) is 0 Å². The summed E-state index contributed by atoms with van der Waals surface area (Å²) >= 11 is 0. The highest BCUT2D eigenvalue weighted by Gasteiger charge is 1.99. The van der Waals surface area contributed by atoms with Gasteiger partial charge in [0.15, 0.2) is 0 Å². The minimum absolute atomic E-state index is 0.0546. The van der Waals surface area contributed by atoms with Crippen molar-refractivity contribution in [2.24, 2.45) is 5.73 Å². The van der Waals surface area contributed by atoms with Crippen molar-refractivity contribution in [2.75, 3.05) is 13.2 Å². The zero-order valence-electron chi connectivity index (χ0n) is 6.00. The van der Waals surface area contributed by atoms with Crippen LogP contribution in [0.2, 0.25) is 0 Å². The van der Waals surface area contributed by atoms with Crippen LogP contribution >= 0.6 is 0 Å². The van der Waals surface area contributed by atoms with Crippen LogP contribution in [0, 0.1) is 0 Å². The molecule has 2 atom stereocenters. The number of hydrogen-bond acceptors (Lipinski definition) is 3. The summed E-state index contributed by atoms with van der Waals surface area (Å²) < 4.78 is 5.08. The number of ether oxygens (including phenoxy) is 1. The highest BCUT2D eigenvalue weighted by Crippen LogP contribution is 1.88. The molecule has 0 spiro atoms. The molecule has 56 valence electrons. The molecular weight excluding hydrogens is 118 g/mol. The van der Waals surface area contributed by atoms with Crippen molar-refractivity contribution in [3.63, 3.8) is 0 Å². The van der Waals surface area contributed by atoms with Gasteiger partial charge in [0.25, 0.3) is 0 Å². The zero-order chi connectivity index (χ0) is 7.28. The van der Waals surface area contributed by atoms with Gasteiger partial charge in [0.2, 0.25) is 0 Å². The molecule has 0 aromatic heterocycles. The lowest BCUT2D eigenvalue weighted by molar-refractivity contribution is 0.0201. The van der Waals surface area contributed by atoms with E-state index < -0.39 is 0 Å². The highest BCUT2D eigenvalue weighted by molar-refractivity contribution is 4.51. The predicted molar refractivity (Wildman–Crippen MR) is 36.1 cm³/mol. The second-order valence-corrected chi connectivity index (χ2v) is 2.30. The number of rotatable bonds is 4. The molecule has 0 amide bonds. The maximum atomic E-state index is 8.48. The third-order valence-electron chi connectivity index (χ3n) is 0.901. The Labute approximate surface area is 55.8 Å². The van der Waals surface area contributed by atoms with Gasteiger partial charge in [0.05, 0.1) is 19.3 Å². The molecule has 0 heterocycles. The van der Waals surface area contributed by atoms with Crippen LogP contribution in [0.5, 0.6) is 0 Å². The van der Waals surface area contributed by atoms with E-state index in [0.717, 1.165) is 0 Å². The Balaban J connectivity index is 3.06. The molecule has 3 nitrogen and oxygen atoms in total. The normalized spacial score (nSPS) is 17.3. The van der Waals surface area contributed by atoms with Crippen molar-refractivity contribution in [2.45, 2.75) is 26.0 Å². The van der Waals surface area contributed by atoms with E-state index in [1.54, 1.807) is 0 Å². The fourth-order valence-electron chi connectivity index (χ4n) is 0.369. The summed E-state index contributed by atoms with van der Waals surface area (Å²) in [6, 6.07) is 0.0546. The number of hydrogen-bond donors (Lipinski definition) is 2. The average molecular weight is 133 g/mol. The lowest BCUT2D eigenvalue weighted by Crippen LogP contribution is -2.26. The van der Waals surface area contributed by atoms with Gasteiger partial charge in [-0.15, -0.1) is 0 Å². The first-order valence-electron chi connectivity index (χ1n) is 3.15. The Morgan fingerprint density at radius 2 is 2.11 bits per heavy atom. The molecule has 1 unspecified atom stereocenters. The standard InChI is InChI=1S/C6H15NO2/c1-5(7)4-9-6(2)3-8/h5-6,8H,3-4,7H2,1-2H3/t5-,6?/m0/s1. The minimum Gasteiger partial charge on any atom is -0.394 e. The molecule has 0 radical (unpaired) electrons. The Kier molecular flexibility index (Phi) is 4.67. The first-order chi connectivity index (χ1) is 4.16. The van der Waals surface area contributed by atoms with Crippen LogP contribution in [0.3, 0.4) is 0 Å². The van der Waals surface area contributed by atoms with Gasteiger partial charge < -0.3 is 15.6 Å². The smallest absolute Gasteiger partial charge is 0.0778 e. The van der Waals surface area contributed by atoms with Crippen LogP contribution in [-0.2, 0) is 4.74 Å². The van der Waals surface area contributed by atoms with Gasteiger partial charge in [0, 0.05) is 6.04 Å². The third-order valence-corrected chi connectivity index (χ3v) is 0.901. The molecule has 3 heteroatoms. The molecule has 0 aliphatic heterocycles. The van der Waals surface area contributed by atoms with Gasteiger partial charge in [-0.05, 0) is 13.8 Å². The number of aliphatic hydroxyl groups is 1. The third kappa shape index (κ3) is 5.76. The van der Waals surface area contributed by atoms with Crippen LogP contribution in [0.1, 0.15) is 13.8 Å². The average Bonchev–Trinajstić information content (AvgIpc) is 1.83. The highest BCUT2D eigenvalue weighted by atomic mass is 16.5. The fraction of sp³-hybridized carbons (Fsp3) is 1.00. The predicted octanol–water partition coefficient (Wildman–Crippen LogP) is -0.269. The summed E-state index contributed by atoms with van der Waals surface area (Å²) in [5.41, 5.74) is 5.39. The van der Waals surface area contributed by atoms with Crippen LogP contribution in [0.4, 0.5) is 0 Å². The molecule has 0 aromatic rings. The van der Waals surface area contributed by atoms with Crippen molar-refractivity contribution in [1.82, 2.24) is 0 Å². The van der Waals surface area contributed by atoms with Crippen molar-refractivity contribution < 1.29 is 9.84 Å². The Morgan fingerprint density at radius 3 is 2.44 bits per heavy atom. The molecule has 0 aromatic carbocycles. The maximum Gasteiger partial charge on any atom is 0.0778 e. The summed E-state index contributed by atoms with van der Waals surface area (Å²) in [5.74, 6) is 0. The largest absolute Gasteiger partial charge is 0.394 e. The van der Waals surface area contributed by atoms with Crippen LogP contribution in [0.15, 0.2) is 0 Å². The van der Waals surface area contributed by atoms with Crippen LogP contribution < -0.4 is 5.73 Å². The molecule has 0 saturated heterocycles. The molecule has 0 aliphatic rings. The Hall–Kier alpha value is -0.120. The quantitative estimate of drug-likeness (QED) is 0.555. The zero-order valence-corrected chi connectivity index (χ0v) is 6.00. The van der Waals surface area contributed by atoms with Crippen LogP contribution in [-0.4, -0.2) is 30.5 Å². The van der Waals surface area contributed by atoms with E-state index in [9.17, 15) is 0 Å². The van der Waals surface area contributed by atoms with Gasteiger partial charge in [-0.2, -0.15) is 0 Å². The van der Waals surface area contributed by atoms with Gasteiger partial charge in [0.1, 0.15) is 0 Å². The van der Waals surface area contributed by atoms with Crippen LogP contribution in [0.25, 0.3) is 0 Å². The lowest BCUT2D eigenvalue weighted by Gasteiger charge is -2.11. The van der Waals surface area contributed by atoms with Crippen molar-refractivity contribution in [3.8, 4) is 0 Å². The Morgan fingerprint density at radius 1 is 1.56 bits per heavy atom. The lowest BCUT2D eigenvalue weighted by atomic mass is 10.4.